The van der Waals surface area contributed by atoms with Crippen molar-refractivity contribution in [3.05, 3.63) is 21.7 Å². The number of hydrogen-bond donors (Lipinski definition) is 0. The molecule has 0 aliphatic heterocycles. The lowest BCUT2D eigenvalue weighted by molar-refractivity contribution is 0.111. The van der Waals surface area contributed by atoms with Crippen LogP contribution in [-0.2, 0) is 0 Å². The lowest BCUT2D eigenvalue weighted by atomic mass is 10.1. The van der Waals surface area contributed by atoms with Gasteiger partial charge in [-0.2, -0.15) is 0 Å². The van der Waals surface area contributed by atoms with Crippen molar-refractivity contribution in [3.8, 4) is 11.5 Å². The molecule has 0 N–H and O–H groups in total. The van der Waals surface area contributed by atoms with Crippen molar-refractivity contribution in [1.82, 2.24) is 0 Å². The van der Waals surface area contributed by atoms with Crippen molar-refractivity contribution in [1.29, 1.82) is 0 Å². The van der Waals surface area contributed by atoms with E-state index in [0.29, 0.717) is 21.5 Å². The van der Waals surface area contributed by atoms with Crippen LogP contribution in [0.1, 0.15) is 15.9 Å². The molecule has 4 heteroatoms. The van der Waals surface area contributed by atoms with Crippen LogP contribution in [0.3, 0.4) is 0 Å². The molecule has 0 aliphatic carbocycles. The zero-order valence-corrected chi connectivity index (χ0v) is 9.84. The summed E-state index contributed by atoms with van der Waals surface area (Å²) < 4.78 is 10.9. The number of aldehydes is 1. The minimum atomic E-state index is 0.513. The fourth-order valence-electron chi connectivity index (χ4n) is 1.28. The standard InChI is InChI=1S/C10H11BrO3/c1-6-7(5-12)10(14-3)8(11)4-9(6)13-2/h4-5H,1-3H3. The molecule has 0 unspecified atom stereocenters. The second-order valence-electron chi connectivity index (χ2n) is 2.75. The number of hydrogen-bond acceptors (Lipinski definition) is 3. The highest BCUT2D eigenvalue weighted by Gasteiger charge is 2.14. The first-order valence-electron chi connectivity index (χ1n) is 4.02. The Bertz CT molecular complexity index is 361. The highest BCUT2D eigenvalue weighted by atomic mass is 79.9. The van der Waals surface area contributed by atoms with Crippen LogP contribution in [0.15, 0.2) is 10.5 Å². The molecule has 0 saturated carbocycles. The molecule has 0 radical (unpaired) electrons. The summed E-state index contributed by atoms with van der Waals surface area (Å²) in [5.41, 5.74) is 1.29. The summed E-state index contributed by atoms with van der Waals surface area (Å²) in [5, 5.41) is 0. The maximum Gasteiger partial charge on any atom is 0.154 e. The number of halogens is 1. The molecule has 0 fully saturated rings. The van der Waals surface area contributed by atoms with Gasteiger partial charge in [0.2, 0.25) is 0 Å². The zero-order valence-electron chi connectivity index (χ0n) is 8.26. The Morgan fingerprint density at radius 2 is 2.00 bits per heavy atom. The molecule has 1 aromatic rings. The normalized spacial score (nSPS) is 9.71. The zero-order chi connectivity index (χ0) is 10.7. The van der Waals surface area contributed by atoms with Crippen LogP contribution in [0.25, 0.3) is 0 Å². The van der Waals surface area contributed by atoms with E-state index in [4.69, 9.17) is 9.47 Å². The maximum absolute atomic E-state index is 10.9. The summed E-state index contributed by atoms with van der Waals surface area (Å²) in [6, 6.07) is 1.78. The molecular weight excluding hydrogens is 248 g/mol. The molecule has 0 bridgehead atoms. The Labute approximate surface area is 91.1 Å². The molecule has 0 saturated heterocycles. The van der Waals surface area contributed by atoms with E-state index in [1.54, 1.807) is 13.2 Å². The molecule has 0 aromatic heterocycles. The van der Waals surface area contributed by atoms with Crippen molar-refractivity contribution in [3.63, 3.8) is 0 Å². The highest BCUT2D eigenvalue weighted by molar-refractivity contribution is 9.10. The van der Waals surface area contributed by atoms with Gasteiger partial charge in [-0.25, -0.2) is 0 Å². The van der Waals surface area contributed by atoms with Gasteiger partial charge < -0.3 is 9.47 Å². The van der Waals surface area contributed by atoms with Crippen molar-refractivity contribution < 1.29 is 14.3 Å². The maximum atomic E-state index is 10.9. The van der Waals surface area contributed by atoms with Crippen LogP contribution < -0.4 is 9.47 Å². The number of rotatable bonds is 3. The highest BCUT2D eigenvalue weighted by Crippen LogP contribution is 2.36. The third-order valence-electron chi connectivity index (χ3n) is 2.03. The minimum Gasteiger partial charge on any atom is -0.496 e. The summed E-state index contributed by atoms with van der Waals surface area (Å²) in [6.45, 7) is 1.82. The van der Waals surface area contributed by atoms with Crippen LogP contribution in [0, 0.1) is 6.92 Å². The van der Waals surface area contributed by atoms with Crippen molar-refractivity contribution >= 4 is 22.2 Å². The third-order valence-corrected chi connectivity index (χ3v) is 2.62. The van der Waals surface area contributed by atoms with Gasteiger partial charge in [-0.3, -0.25) is 4.79 Å². The first kappa shape index (κ1) is 11.0. The summed E-state index contributed by atoms with van der Waals surface area (Å²) in [5.74, 6) is 1.21. The number of carbonyl (C=O) groups excluding carboxylic acids is 1. The van der Waals surface area contributed by atoms with Gasteiger partial charge in [0.25, 0.3) is 0 Å². The van der Waals surface area contributed by atoms with E-state index >= 15 is 0 Å². The lowest BCUT2D eigenvalue weighted by Gasteiger charge is -2.12. The molecule has 0 amide bonds. The van der Waals surface area contributed by atoms with E-state index in [-0.39, 0.29) is 0 Å². The molecule has 0 heterocycles. The molecule has 3 nitrogen and oxygen atoms in total. The molecule has 76 valence electrons. The lowest BCUT2D eigenvalue weighted by Crippen LogP contribution is -1.98. The van der Waals surface area contributed by atoms with Crippen LogP contribution in [0.5, 0.6) is 11.5 Å². The van der Waals surface area contributed by atoms with Gasteiger partial charge >= 0.3 is 0 Å². The molecule has 0 aliphatic rings. The van der Waals surface area contributed by atoms with Crippen LogP contribution in [0.4, 0.5) is 0 Å². The van der Waals surface area contributed by atoms with Crippen molar-refractivity contribution in [2.75, 3.05) is 14.2 Å². The summed E-state index contributed by atoms with van der Waals surface area (Å²) >= 11 is 3.31. The fourth-order valence-corrected chi connectivity index (χ4v) is 1.87. The van der Waals surface area contributed by atoms with Gasteiger partial charge in [-0.15, -0.1) is 0 Å². The Balaban J connectivity index is 3.47. The first-order valence-corrected chi connectivity index (χ1v) is 4.81. The van der Waals surface area contributed by atoms with Gasteiger partial charge in [0, 0.05) is 5.56 Å². The van der Waals surface area contributed by atoms with Crippen molar-refractivity contribution in [2.45, 2.75) is 6.92 Å². The average molecular weight is 259 g/mol. The summed E-state index contributed by atoms with van der Waals surface area (Å²) in [7, 11) is 3.09. The Hall–Kier alpha value is -1.03. The number of carbonyl (C=O) groups is 1. The topological polar surface area (TPSA) is 35.5 Å². The quantitative estimate of drug-likeness (QED) is 0.782. The van der Waals surface area contributed by atoms with E-state index in [1.165, 1.54) is 7.11 Å². The molecule has 1 aromatic carbocycles. The Morgan fingerprint density at radius 1 is 1.36 bits per heavy atom. The molecule has 14 heavy (non-hydrogen) atoms. The first-order chi connectivity index (χ1) is 6.65. The second-order valence-corrected chi connectivity index (χ2v) is 3.60. The van der Waals surface area contributed by atoms with Gasteiger partial charge in [0.05, 0.1) is 24.3 Å². The fraction of sp³-hybridized carbons (Fsp3) is 0.300. The second kappa shape index (κ2) is 4.46. The Kier molecular flexibility index (Phi) is 3.52. The monoisotopic (exact) mass is 258 g/mol. The predicted octanol–water partition coefficient (Wildman–Crippen LogP) is 2.59. The van der Waals surface area contributed by atoms with Crippen molar-refractivity contribution in [2.24, 2.45) is 0 Å². The van der Waals surface area contributed by atoms with Crippen LogP contribution >= 0.6 is 15.9 Å². The van der Waals surface area contributed by atoms with Gasteiger partial charge in [-0.1, -0.05) is 0 Å². The van der Waals surface area contributed by atoms with E-state index in [0.717, 1.165) is 11.8 Å². The summed E-state index contributed by atoms with van der Waals surface area (Å²) in [4.78, 5) is 10.9. The minimum absolute atomic E-state index is 0.513. The molecular formula is C10H11BrO3. The average Bonchev–Trinajstić information content (AvgIpc) is 2.20. The van der Waals surface area contributed by atoms with E-state index in [9.17, 15) is 4.79 Å². The summed E-state index contributed by atoms with van der Waals surface area (Å²) in [6.07, 6.45) is 0.765. The SMILES string of the molecule is COc1cc(Br)c(OC)c(C=O)c1C. The number of benzene rings is 1. The number of methoxy groups -OCH3 is 2. The largest absolute Gasteiger partial charge is 0.496 e. The predicted molar refractivity (Wildman–Crippen MR) is 57.4 cm³/mol. The molecule has 0 atom stereocenters. The Morgan fingerprint density at radius 3 is 2.43 bits per heavy atom. The van der Waals surface area contributed by atoms with E-state index in [1.807, 2.05) is 6.92 Å². The molecule has 1 rings (SSSR count). The molecule has 0 spiro atoms. The van der Waals surface area contributed by atoms with Gasteiger partial charge in [-0.05, 0) is 28.9 Å². The van der Waals surface area contributed by atoms with Gasteiger partial charge in [0.15, 0.2) is 6.29 Å². The number of ether oxygens (including phenoxy) is 2. The van der Waals surface area contributed by atoms with Crippen LogP contribution in [-0.4, -0.2) is 20.5 Å². The smallest absolute Gasteiger partial charge is 0.154 e. The van der Waals surface area contributed by atoms with Crippen LogP contribution in [0.2, 0.25) is 0 Å². The van der Waals surface area contributed by atoms with E-state index < -0.39 is 0 Å². The third kappa shape index (κ3) is 1.75. The van der Waals surface area contributed by atoms with E-state index in [2.05, 4.69) is 15.9 Å². The van der Waals surface area contributed by atoms with Gasteiger partial charge in [0.1, 0.15) is 11.5 Å².